The van der Waals surface area contributed by atoms with E-state index < -0.39 is 0 Å². The highest BCUT2D eigenvalue weighted by Crippen LogP contribution is 2.21. The number of rotatable bonds is 6. The number of nitrogens with zero attached hydrogens (tertiary/aromatic N) is 2. The highest BCUT2D eigenvalue weighted by molar-refractivity contribution is 5.81. The standard InChI is InChI=1S/C15H24N4/c1-4-7-11(2)13(17-16)10-14-12-8-5-6-9-15(12)19(3)18-14/h5-6,8-9,11,13,17H,4,7,10,16H2,1-3H3. The van der Waals surface area contributed by atoms with Crippen LogP contribution in [-0.4, -0.2) is 15.8 Å². The van der Waals surface area contributed by atoms with Gasteiger partial charge in [-0.05, 0) is 18.4 Å². The van der Waals surface area contributed by atoms with Crippen LogP contribution in [-0.2, 0) is 13.5 Å². The second-order valence-electron chi connectivity index (χ2n) is 5.33. The van der Waals surface area contributed by atoms with Gasteiger partial charge in [0.2, 0.25) is 0 Å². The van der Waals surface area contributed by atoms with E-state index in [9.17, 15) is 0 Å². The van der Waals surface area contributed by atoms with E-state index in [1.165, 1.54) is 23.7 Å². The Morgan fingerprint density at radius 2 is 2.11 bits per heavy atom. The minimum absolute atomic E-state index is 0.276. The number of benzene rings is 1. The van der Waals surface area contributed by atoms with Crippen molar-refractivity contribution >= 4 is 10.9 Å². The molecule has 19 heavy (non-hydrogen) atoms. The molecule has 0 amide bonds. The SMILES string of the molecule is CCCC(C)C(Cc1nn(C)c2ccccc12)NN. The summed E-state index contributed by atoms with van der Waals surface area (Å²) in [5, 5.41) is 5.87. The molecular weight excluding hydrogens is 236 g/mol. The summed E-state index contributed by atoms with van der Waals surface area (Å²) in [7, 11) is 1.99. The maximum Gasteiger partial charge on any atom is 0.0719 e. The van der Waals surface area contributed by atoms with Gasteiger partial charge in [0.25, 0.3) is 0 Å². The second kappa shape index (κ2) is 6.17. The van der Waals surface area contributed by atoms with Crippen molar-refractivity contribution in [1.82, 2.24) is 15.2 Å². The third-order valence-corrected chi connectivity index (χ3v) is 3.89. The highest BCUT2D eigenvalue weighted by atomic mass is 15.3. The minimum Gasteiger partial charge on any atom is -0.271 e. The molecule has 0 saturated heterocycles. The first kappa shape index (κ1) is 14.0. The van der Waals surface area contributed by atoms with Gasteiger partial charge < -0.3 is 0 Å². The fourth-order valence-electron chi connectivity index (χ4n) is 2.73. The van der Waals surface area contributed by atoms with Gasteiger partial charge in [-0.15, -0.1) is 0 Å². The second-order valence-corrected chi connectivity index (χ2v) is 5.33. The Balaban J connectivity index is 2.24. The summed E-state index contributed by atoms with van der Waals surface area (Å²) in [6.07, 6.45) is 3.24. The molecule has 2 unspecified atom stereocenters. The molecule has 0 aliphatic heterocycles. The van der Waals surface area contributed by atoms with Crippen molar-refractivity contribution in [1.29, 1.82) is 0 Å². The number of hydrogen-bond donors (Lipinski definition) is 2. The van der Waals surface area contributed by atoms with E-state index in [-0.39, 0.29) is 6.04 Å². The molecule has 0 aliphatic rings. The van der Waals surface area contributed by atoms with Crippen LogP contribution in [0, 0.1) is 5.92 Å². The largest absolute Gasteiger partial charge is 0.271 e. The van der Waals surface area contributed by atoms with Crippen molar-refractivity contribution in [2.45, 2.75) is 39.2 Å². The fourth-order valence-corrected chi connectivity index (χ4v) is 2.73. The molecule has 0 saturated carbocycles. The highest BCUT2D eigenvalue weighted by Gasteiger charge is 2.19. The van der Waals surface area contributed by atoms with Crippen LogP contribution in [0.25, 0.3) is 10.9 Å². The van der Waals surface area contributed by atoms with Crippen LogP contribution < -0.4 is 11.3 Å². The van der Waals surface area contributed by atoms with Gasteiger partial charge in [-0.25, -0.2) is 0 Å². The summed E-state index contributed by atoms with van der Waals surface area (Å²) in [6, 6.07) is 8.63. The lowest BCUT2D eigenvalue weighted by Crippen LogP contribution is -2.41. The number of aryl methyl sites for hydroxylation is 1. The van der Waals surface area contributed by atoms with Crippen LogP contribution in [0.15, 0.2) is 24.3 Å². The van der Waals surface area contributed by atoms with E-state index in [2.05, 4.69) is 42.6 Å². The molecule has 0 bridgehead atoms. The van der Waals surface area contributed by atoms with Crippen molar-refractivity contribution in [2.24, 2.45) is 18.8 Å². The van der Waals surface area contributed by atoms with Crippen molar-refractivity contribution < 1.29 is 0 Å². The number of hydrogen-bond acceptors (Lipinski definition) is 3. The Hall–Kier alpha value is -1.39. The molecule has 2 atom stereocenters. The molecule has 3 N–H and O–H groups in total. The molecule has 0 spiro atoms. The van der Waals surface area contributed by atoms with Gasteiger partial charge in [0, 0.05) is 24.9 Å². The summed E-state index contributed by atoms with van der Waals surface area (Å²) >= 11 is 0. The Labute approximate surface area is 114 Å². The van der Waals surface area contributed by atoms with Crippen LogP contribution in [0.3, 0.4) is 0 Å². The molecule has 1 aromatic heterocycles. The Morgan fingerprint density at radius 3 is 2.79 bits per heavy atom. The summed E-state index contributed by atoms with van der Waals surface area (Å²) in [5.41, 5.74) is 5.27. The molecule has 0 radical (unpaired) electrons. The lowest BCUT2D eigenvalue weighted by Gasteiger charge is -2.22. The lowest BCUT2D eigenvalue weighted by molar-refractivity contribution is 0.354. The van der Waals surface area contributed by atoms with Crippen molar-refractivity contribution in [3.8, 4) is 0 Å². The first-order valence-electron chi connectivity index (χ1n) is 7.04. The van der Waals surface area contributed by atoms with Gasteiger partial charge >= 0.3 is 0 Å². The van der Waals surface area contributed by atoms with Crippen molar-refractivity contribution in [3.05, 3.63) is 30.0 Å². The Morgan fingerprint density at radius 1 is 1.37 bits per heavy atom. The van der Waals surface area contributed by atoms with E-state index in [4.69, 9.17) is 5.84 Å². The Bertz CT molecular complexity index is 532. The summed E-state index contributed by atoms with van der Waals surface area (Å²) in [4.78, 5) is 0. The van der Waals surface area contributed by atoms with Gasteiger partial charge in [0.15, 0.2) is 0 Å². The van der Waals surface area contributed by atoms with Crippen LogP contribution >= 0.6 is 0 Å². The van der Waals surface area contributed by atoms with Gasteiger partial charge in [-0.2, -0.15) is 5.10 Å². The van der Waals surface area contributed by atoms with Crippen LogP contribution in [0.4, 0.5) is 0 Å². The smallest absolute Gasteiger partial charge is 0.0719 e. The van der Waals surface area contributed by atoms with Gasteiger partial charge in [-0.3, -0.25) is 16.0 Å². The van der Waals surface area contributed by atoms with Crippen LogP contribution in [0.2, 0.25) is 0 Å². The van der Waals surface area contributed by atoms with Crippen molar-refractivity contribution in [3.63, 3.8) is 0 Å². The molecule has 4 nitrogen and oxygen atoms in total. The zero-order chi connectivity index (χ0) is 13.8. The van der Waals surface area contributed by atoms with Gasteiger partial charge in [0.1, 0.15) is 0 Å². The summed E-state index contributed by atoms with van der Waals surface area (Å²) in [5.74, 6) is 6.27. The zero-order valence-corrected chi connectivity index (χ0v) is 12.1. The number of para-hydroxylation sites is 1. The first-order valence-corrected chi connectivity index (χ1v) is 7.04. The van der Waals surface area contributed by atoms with Crippen molar-refractivity contribution in [2.75, 3.05) is 0 Å². The number of hydrazine groups is 1. The summed E-state index contributed by atoms with van der Waals surface area (Å²) < 4.78 is 1.95. The number of nitrogens with two attached hydrogens (primary N) is 1. The van der Waals surface area contributed by atoms with E-state index in [1.807, 2.05) is 17.8 Å². The van der Waals surface area contributed by atoms with E-state index >= 15 is 0 Å². The number of fused-ring (bicyclic) bond motifs is 1. The molecule has 4 heteroatoms. The predicted molar refractivity (Wildman–Crippen MR) is 79.6 cm³/mol. The quantitative estimate of drug-likeness (QED) is 0.619. The van der Waals surface area contributed by atoms with Gasteiger partial charge in [-0.1, -0.05) is 38.5 Å². The fraction of sp³-hybridized carbons (Fsp3) is 0.533. The van der Waals surface area contributed by atoms with E-state index in [0.717, 1.165) is 12.1 Å². The lowest BCUT2D eigenvalue weighted by atomic mass is 9.93. The average Bonchev–Trinajstić information content (AvgIpc) is 2.73. The third-order valence-electron chi connectivity index (χ3n) is 3.89. The molecular formula is C15H24N4. The minimum atomic E-state index is 0.276. The predicted octanol–water partition coefficient (Wildman–Crippen LogP) is 2.38. The molecule has 2 rings (SSSR count). The molecule has 0 aliphatic carbocycles. The topological polar surface area (TPSA) is 55.9 Å². The van der Waals surface area contributed by atoms with E-state index in [0.29, 0.717) is 5.92 Å². The zero-order valence-electron chi connectivity index (χ0n) is 12.1. The third kappa shape index (κ3) is 2.96. The average molecular weight is 260 g/mol. The van der Waals surface area contributed by atoms with Crippen LogP contribution in [0.5, 0.6) is 0 Å². The molecule has 2 aromatic rings. The number of nitrogens with one attached hydrogen (secondary N) is 1. The maximum atomic E-state index is 5.72. The monoisotopic (exact) mass is 260 g/mol. The van der Waals surface area contributed by atoms with Gasteiger partial charge in [0.05, 0.1) is 11.2 Å². The van der Waals surface area contributed by atoms with Crippen LogP contribution in [0.1, 0.15) is 32.4 Å². The van der Waals surface area contributed by atoms with E-state index in [1.54, 1.807) is 0 Å². The molecule has 1 aromatic carbocycles. The number of aromatic nitrogens is 2. The Kier molecular flexibility index (Phi) is 4.56. The first-order chi connectivity index (χ1) is 9.17. The molecule has 104 valence electrons. The molecule has 0 fully saturated rings. The maximum absolute atomic E-state index is 5.72. The normalized spacial score (nSPS) is 14.7. The molecule has 1 heterocycles. The summed E-state index contributed by atoms with van der Waals surface area (Å²) in [6.45, 7) is 4.46.